The summed E-state index contributed by atoms with van der Waals surface area (Å²) in [7, 11) is 0. The quantitative estimate of drug-likeness (QED) is 0.437. The third-order valence-electron chi connectivity index (χ3n) is 6.28. The zero-order valence-electron chi connectivity index (χ0n) is 18.5. The molecule has 6 nitrogen and oxygen atoms in total. The summed E-state index contributed by atoms with van der Waals surface area (Å²) in [5.41, 5.74) is 7.80. The molecule has 3 N–H and O–H groups in total. The van der Waals surface area contributed by atoms with Crippen molar-refractivity contribution in [2.75, 3.05) is 25.4 Å². The lowest BCUT2D eigenvalue weighted by atomic mass is 9.92. The molecule has 0 unspecified atom stereocenters. The number of rotatable bonds is 4. The number of anilines is 1. The zero-order valence-corrected chi connectivity index (χ0v) is 20.0. The van der Waals surface area contributed by atoms with Crippen LogP contribution in [0.1, 0.15) is 31.4 Å². The van der Waals surface area contributed by atoms with Gasteiger partial charge in [-0.15, -0.1) is 0 Å². The highest BCUT2D eigenvalue weighted by Crippen LogP contribution is 2.42. The minimum atomic E-state index is -0.656. The van der Waals surface area contributed by atoms with E-state index in [9.17, 15) is 4.39 Å². The van der Waals surface area contributed by atoms with E-state index in [2.05, 4.69) is 10.3 Å². The first kappa shape index (κ1) is 23.0. The molecular formula is C25H24Cl2FN3O3. The Hall–Kier alpha value is -2.74. The van der Waals surface area contributed by atoms with Gasteiger partial charge in [0, 0.05) is 35.2 Å². The molecule has 34 heavy (non-hydrogen) atoms. The van der Waals surface area contributed by atoms with Crippen LogP contribution >= 0.6 is 23.2 Å². The summed E-state index contributed by atoms with van der Waals surface area (Å²) in [6, 6.07) is 10.2. The van der Waals surface area contributed by atoms with E-state index in [1.54, 1.807) is 19.2 Å². The Morgan fingerprint density at radius 2 is 1.91 bits per heavy atom. The van der Waals surface area contributed by atoms with Crippen LogP contribution in [0.3, 0.4) is 0 Å². The lowest BCUT2D eigenvalue weighted by Crippen LogP contribution is -2.51. The molecule has 2 aliphatic rings. The minimum absolute atomic E-state index is 0.0824. The molecule has 9 heteroatoms. The van der Waals surface area contributed by atoms with Gasteiger partial charge in [-0.05, 0) is 55.9 Å². The van der Waals surface area contributed by atoms with Crippen molar-refractivity contribution in [3.63, 3.8) is 0 Å². The molecule has 3 aromatic rings. The Balaban J connectivity index is 1.40. The molecule has 1 saturated heterocycles. The molecular weight excluding hydrogens is 480 g/mol. The maximum atomic E-state index is 14.0. The van der Waals surface area contributed by atoms with Crippen LogP contribution < -0.4 is 25.3 Å². The van der Waals surface area contributed by atoms with Gasteiger partial charge in [-0.2, -0.15) is 0 Å². The highest BCUT2D eigenvalue weighted by Gasteiger charge is 2.39. The Labute approximate surface area is 207 Å². The third-order valence-corrected chi connectivity index (χ3v) is 6.99. The van der Waals surface area contributed by atoms with Crippen LogP contribution in [-0.4, -0.2) is 30.3 Å². The third kappa shape index (κ3) is 4.35. The van der Waals surface area contributed by atoms with Gasteiger partial charge in [-0.3, -0.25) is 0 Å². The average Bonchev–Trinajstić information content (AvgIpc) is 2.83. The SMILES string of the molecule is C[C@@H](Oc1cc(-c2ccc3c(c2)OCC2(CCNCC2)O3)cnc1N)c1c(Cl)ccc(F)c1Cl. The molecule has 1 fully saturated rings. The summed E-state index contributed by atoms with van der Waals surface area (Å²) >= 11 is 12.4. The predicted octanol–water partition coefficient (Wildman–Crippen LogP) is 5.81. The van der Waals surface area contributed by atoms with Gasteiger partial charge in [-0.1, -0.05) is 29.3 Å². The van der Waals surface area contributed by atoms with Gasteiger partial charge < -0.3 is 25.3 Å². The van der Waals surface area contributed by atoms with Crippen LogP contribution in [0.25, 0.3) is 11.1 Å². The van der Waals surface area contributed by atoms with E-state index in [4.69, 9.17) is 43.1 Å². The first-order valence-corrected chi connectivity index (χ1v) is 11.8. The molecule has 0 aliphatic carbocycles. The molecule has 5 rings (SSSR count). The van der Waals surface area contributed by atoms with Gasteiger partial charge in [-0.25, -0.2) is 9.37 Å². The van der Waals surface area contributed by atoms with E-state index in [0.717, 1.165) is 42.8 Å². The van der Waals surface area contributed by atoms with E-state index >= 15 is 0 Å². The van der Waals surface area contributed by atoms with Crippen LogP contribution in [0.15, 0.2) is 42.6 Å². The Bertz CT molecular complexity index is 1230. The van der Waals surface area contributed by atoms with E-state index in [1.807, 2.05) is 18.2 Å². The number of pyridine rings is 1. The van der Waals surface area contributed by atoms with Crippen molar-refractivity contribution >= 4 is 29.0 Å². The number of nitrogens with one attached hydrogen (secondary N) is 1. The van der Waals surface area contributed by atoms with Crippen molar-refractivity contribution in [3.8, 4) is 28.4 Å². The average molecular weight is 504 g/mol. The van der Waals surface area contributed by atoms with Crippen molar-refractivity contribution < 1.29 is 18.6 Å². The van der Waals surface area contributed by atoms with Gasteiger partial charge in [0.15, 0.2) is 23.1 Å². The summed E-state index contributed by atoms with van der Waals surface area (Å²) in [5.74, 6) is 1.39. The fraction of sp³-hybridized carbons (Fsp3) is 0.320. The number of hydrogen-bond donors (Lipinski definition) is 2. The number of nitrogen functional groups attached to an aromatic ring is 1. The summed E-state index contributed by atoms with van der Waals surface area (Å²) < 4.78 is 32.4. The second-order valence-corrected chi connectivity index (χ2v) is 9.39. The molecule has 1 aromatic heterocycles. The first-order valence-electron chi connectivity index (χ1n) is 11.1. The first-order chi connectivity index (χ1) is 16.3. The standard InChI is InChI=1S/C25H24Cl2FN3O3/c1-14(22-17(26)3-4-18(28)23(22)27)33-21-11-16(12-31-24(21)29)15-2-5-19-20(10-15)32-13-25(34-19)6-8-30-9-7-25/h2-5,10-12,14,30H,6-9,13H2,1H3,(H2,29,31)/t14-/m1/s1. The van der Waals surface area contributed by atoms with Crippen LogP contribution in [0.5, 0.6) is 17.2 Å². The summed E-state index contributed by atoms with van der Waals surface area (Å²) in [6.07, 6.45) is 2.83. The number of aromatic nitrogens is 1. The number of fused-ring (bicyclic) bond motifs is 1. The lowest BCUT2D eigenvalue weighted by Gasteiger charge is -2.41. The van der Waals surface area contributed by atoms with Gasteiger partial charge in [0.2, 0.25) is 0 Å². The highest BCUT2D eigenvalue weighted by molar-refractivity contribution is 6.36. The molecule has 0 amide bonds. The number of nitrogens with zero attached hydrogens (tertiary/aromatic N) is 1. The van der Waals surface area contributed by atoms with Gasteiger partial charge in [0.05, 0.1) is 5.02 Å². The van der Waals surface area contributed by atoms with Crippen molar-refractivity contribution in [3.05, 3.63) is 64.0 Å². The number of halogens is 3. The normalized spacial score (nSPS) is 17.4. The van der Waals surface area contributed by atoms with E-state index in [1.165, 1.54) is 12.1 Å². The second-order valence-electron chi connectivity index (χ2n) is 8.61. The van der Waals surface area contributed by atoms with Gasteiger partial charge in [0.25, 0.3) is 0 Å². The fourth-order valence-electron chi connectivity index (χ4n) is 4.36. The van der Waals surface area contributed by atoms with E-state index in [-0.39, 0.29) is 16.4 Å². The smallest absolute Gasteiger partial charge is 0.166 e. The van der Waals surface area contributed by atoms with Crippen LogP contribution in [0.4, 0.5) is 10.2 Å². The topological polar surface area (TPSA) is 78.6 Å². The molecule has 2 aromatic carbocycles. The van der Waals surface area contributed by atoms with Crippen LogP contribution in [-0.2, 0) is 0 Å². The summed E-state index contributed by atoms with van der Waals surface area (Å²) in [5, 5.41) is 3.58. The molecule has 2 aliphatic heterocycles. The molecule has 178 valence electrons. The Morgan fingerprint density at radius 1 is 1.12 bits per heavy atom. The Morgan fingerprint density at radius 3 is 2.71 bits per heavy atom. The Kier molecular flexibility index (Phi) is 6.18. The zero-order chi connectivity index (χ0) is 23.9. The van der Waals surface area contributed by atoms with Crippen LogP contribution in [0, 0.1) is 5.82 Å². The van der Waals surface area contributed by atoms with Crippen molar-refractivity contribution in [2.24, 2.45) is 0 Å². The number of nitrogens with two attached hydrogens (primary N) is 1. The molecule has 1 spiro atoms. The number of hydrogen-bond acceptors (Lipinski definition) is 6. The molecule has 1 atom stereocenters. The highest BCUT2D eigenvalue weighted by atomic mass is 35.5. The molecule has 0 radical (unpaired) electrons. The lowest BCUT2D eigenvalue weighted by molar-refractivity contribution is -0.0301. The van der Waals surface area contributed by atoms with Crippen molar-refractivity contribution in [1.29, 1.82) is 0 Å². The summed E-state index contributed by atoms with van der Waals surface area (Å²) in [6.45, 7) is 4.08. The van der Waals surface area contributed by atoms with Gasteiger partial charge in [0.1, 0.15) is 24.1 Å². The predicted molar refractivity (Wildman–Crippen MR) is 131 cm³/mol. The van der Waals surface area contributed by atoms with E-state index < -0.39 is 11.9 Å². The number of piperidine rings is 1. The molecule has 0 saturated carbocycles. The fourth-order valence-corrected chi connectivity index (χ4v) is 5.04. The second kappa shape index (κ2) is 9.13. The monoisotopic (exact) mass is 503 g/mol. The van der Waals surface area contributed by atoms with Crippen molar-refractivity contribution in [1.82, 2.24) is 10.3 Å². The largest absolute Gasteiger partial charge is 0.486 e. The van der Waals surface area contributed by atoms with Crippen molar-refractivity contribution in [2.45, 2.75) is 31.5 Å². The molecule has 3 heterocycles. The van der Waals surface area contributed by atoms with Gasteiger partial charge >= 0.3 is 0 Å². The maximum Gasteiger partial charge on any atom is 0.166 e. The van der Waals surface area contributed by atoms with Crippen LogP contribution in [0.2, 0.25) is 10.0 Å². The molecule has 0 bridgehead atoms. The summed E-state index contributed by atoms with van der Waals surface area (Å²) in [4.78, 5) is 4.28. The maximum absolute atomic E-state index is 14.0. The number of benzene rings is 2. The number of ether oxygens (including phenoxy) is 3. The minimum Gasteiger partial charge on any atom is -0.486 e. The van der Waals surface area contributed by atoms with E-state index in [0.29, 0.717) is 28.7 Å².